The maximum Gasteiger partial charge on any atom is 0.273 e. The van der Waals surface area contributed by atoms with Gasteiger partial charge in [-0.1, -0.05) is 53.0 Å². The molecule has 0 saturated carbocycles. The van der Waals surface area contributed by atoms with Crippen LogP contribution in [-0.4, -0.2) is 16.1 Å². The fraction of sp³-hybridized carbons (Fsp3) is 0. The van der Waals surface area contributed by atoms with Gasteiger partial charge in [0.15, 0.2) is 0 Å². The van der Waals surface area contributed by atoms with Crippen molar-refractivity contribution in [2.45, 2.75) is 0 Å². The number of H-pyrrole nitrogens is 1. The molecular formula is C16H10Cl3N3O. The first-order chi connectivity index (χ1) is 11.0. The molecule has 0 aliphatic rings. The van der Waals surface area contributed by atoms with Crippen LogP contribution in [0.15, 0.2) is 48.5 Å². The lowest BCUT2D eigenvalue weighted by Gasteiger charge is -2.06. The molecule has 23 heavy (non-hydrogen) atoms. The molecule has 1 heterocycles. The lowest BCUT2D eigenvalue weighted by Crippen LogP contribution is -2.12. The number of rotatable bonds is 3. The Bertz CT molecular complexity index is 877. The van der Waals surface area contributed by atoms with E-state index < -0.39 is 0 Å². The predicted octanol–water partition coefficient (Wildman–Crippen LogP) is 5.29. The van der Waals surface area contributed by atoms with Crippen molar-refractivity contribution >= 4 is 46.4 Å². The van der Waals surface area contributed by atoms with Crippen LogP contribution in [-0.2, 0) is 0 Å². The van der Waals surface area contributed by atoms with E-state index in [4.69, 9.17) is 34.8 Å². The molecule has 0 spiro atoms. The van der Waals surface area contributed by atoms with Crippen LogP contribution in [0.4, 0.5) is 5.69 Å². The molecule has 0 aliphatic heterocycles. The van der Waals surface area contributed by atoms with Gasteiger partial charge in [0.2, 0.25) is 0 Å². The van der Waals surface area contributed by atoms with Crippen molar-refractivity contribution in [1.29, 1.82) is 0 Å². The predicted molar refractivity (Wildman–Crippen MR) is 93.4 cm³/mol. The average molecular weight is 367 g/mol. The molecule has 3 rings (SSSR count). The van der Waals surface area contributed by atoms with Crippen molar-refractivity contribution in [1.82, 2.24) is 10.2 Å². The van der Waals surface area contributed by atoms with Crippen LogP contribution in [0.2, 0.25) is 15.1 Å². The van der Waals surface area contributed by atoms with E-state index in [1.54, 1.807) is 36.4 Å². The number of carbonyl (C=O) groups excluding carboxylic acids is 1. The van der Waals surface area contributed by atoms with E-state index in [0.717, 1.165) is 5.56 Å². The quantitative estimate of drug-likeness (QED) is 0.661. The fourth-order valence-electron chi connectivity index (χ4n) is 2.02. The van der Waals surface area contributed by atoms with Gasteiger partial charge in [-0.2, -0.15) is 5.10 Å². The maximum atomic E-state index is 12.3. The summed E-state index contributed by atoms with van der Waals surface area (Å²) >= 11 is 17.9. The second-order valence-electron chi connectivity index (χ2n) is 4.73. The van der Waals surface area contributed by atoms with E-state index in [2.05, 4.69) is 15.5 Å². The summed E-state index contributed by atoms with van der Waals surface area (Å²) in [4.78, 5) is 12.3. The van der Waals surface area contributed by atoms with Crippen LogP contribution in [0.1, 0.15) is 10.5 Å². The number of nitrogens with zero attached hydrogens (tertiary/aromatic N) is 1. The molecule has 116 valence electrons. The fourth-order valence-corrected chi connectivity index (χ4v) is 2.56. The Morgan fingerprint density at radius 3 is 2.61 bits per heavy atom. The Morgan fingerprint density at radius 2 is 1.83 bits per heavy atom. The van der Waals surface area contributed by atoms with Gasteiger partial charge < -0.3 is 5.32 Å². The normalized spacial score (nSPS) is 10.6. The molecule has 2 aromatic carbocycles. The molecule has 3 aromatic rings. The minimum Gasteiger partial charge on any atom is -0.319 e. The molecule has 0 bridgehead atoms. The molecule has 1 aromatic heterocycles. The Labute approximate surface area is 147 Å². The summed E-state index contributed by atoms with van der Waals surface area (Å²) in [7, 11) is 0. The summed E-state index contributed by atoms with van der Waals surface area (Å²) in [6, 6.07) is 13.9. The highest BCUT2D eigenvalue weighted by Crippen LogP contribution is 2.30. The summed E-state index contributed by atoms with van der Waals surface area (Å²) in [6.07, 6.45) is 0. The van der Waals surface area contributed by atoms with Gasteiger partial charge >= 0.3 is 0 Å². The van der Waals surface area contributed by atoms with Crippen LogP contribution < -0.4 is 5.32 Å². The number of hydrogen-bond acceptors (Lipinski definition) is 2. The Balaban J connectivity index is 1.83. The molecule has 0 radical (unpaired) electrons. The second-order valence-corrected chi connectivity index (χ2v) is 5.95. The molecular weight excluding hydrogens is 357 g/mol. The average Bonchev–Trinajstić information content (AvgIpc) is 3.02. The number of nitrogens with one attached hydrogen (secondary N) is 2. The number of aromatic amines is 1. The van der Waals surface area contributed by atoms with Gasteiger partial charge in [0.05, 0.1) is 21.4 Å². The van der Waals surface area contributed by atoms with Gasteiger partial charge in [0.1, 0.15) is 5.69 Å². The summed E-state index contributed by atoms with van der Waals surface area (Å²) in [5.41, 5.74) is 2.17. The number of halogens is 3. The molecule has 1 amide bonds. The first-order valence-electron chi connectivity index (χ1n) is 6.61. The zero-order valence-electron chi connectivity index (χ0n) is 11.6. The minimum absolute atomic E-state index is 0.289. The van der Waals surface area contributed by atoms with E-state index in [9.17, 15) is 4.79 Å². The highest BCUT2D eigenvalue weighted by Gasteiger charge is 2.13. The van der Waals surface area contributed by atoms with E-state index >= 15 is 0 Å². The third kappa shape index (κ3) is 3.50. The zero-order valence-corrected chi connectivity index (χ0v) is 13.9. The molecule has 0 aliphatic carbocycles. The van der Waals surface area contributed by atoms with Crippen molar-refractivity contribution in [2.75, 3.05) is 5.32 Å². The summed E-state index contributed by atoms with van der Waals surface area (Å²) in [5.74, 6) is -0.366. The van der Waals surface area contributed by atoms with Crippen LogP contribution in [0.3, 0.4) is 0 Å². The highest BCUT2D eigenvalue weighted by atomic mass is 35.5. The zero-order chi connectivity index (χ0) is 16.4. The highest BCUT2D eigenvalue weighted by molar-refractivity contribution is 6.44. The van der Waals surface area contributed by atoms with Gasteiger partial charge in [-0.25, -0.2) is 0 Å². The lowest BCUT2D eigenvalue weighted by molar-refractivity contribution is 0.102. The van der Waals surface area contributed by atoms with Crippen molar-refractivity contribution in [3.63, 3.8) is 0 Å². The number of benzene rings is 2. The molecule has 0 fully saturated rings. The number of anilines is 1. The molecule has 0 saturated heterocycles. The third-order valence-corrected chi connectivity index (χ3v) is 4.20. The van der Waals surface area contributed by atoms with Gasteiger partial charge in [-0.05, 0) is 30.3 Å². The Morgan fingerprint density at radius 1 is 1.04 bits per heavy atom. The van der Waals surface area contributed by atoms with Gasteiger partial charge in [-0.3, -0.25) is 9.89 Å². The number of carbonyl (C=O) groups is 1. The number of aromatic nitrogens is 2. The van der Waals surface area contributed by atoms with Crippen molar-refractivity contribution in [3.05, 3.63) is 69.3 Å². The number of amides is 1. The Hall–Kier alpha value is -2.01. The topological polar surface area (TPSA) is 57.8 Å². The summed E-state index contributed by atoms with van der Waals surface area (Å²) in [6.45, 7) is 0. The minimum atomic E-state index is -0.366. The van der Waals surface area contributed by atoms with E-state index in [1.807, 2.05) is 12.1 Å². The SMILES string of the molecule is O=C(Nc1cccc(Cl)c1Cl)c1cc(-c2cccc(Cl)c2)n[nH]1. The van der Waals surface area contributed by atoms with E-state index in [0.29, 0.717) is 27.1 Å². The van der Waals surface area contributed by atoms with E-state index in [1.165, 1.54) is 0 Å². The lowest BCUT2D eigenvalue weighted by atomic mass is 10.1. The first kappa shape index (κ1) is 15.9. The number of hydrogen-bond donors (Lipinski definition) is 2. The van der Waals surface area contributed by atoms with Crippen LogP contribution in [0.5, 0.6) is 0 Å². The van der Waals surface area contributed by atoms with Crippen molar-refractivity contribution in [2.24, 2.45) is 0 Å². The van der Waals surface area contributed by atoms with E-state index in [-0.39, 0.29) is 10.9 Å². The second kappa shape index (κ2) is 6.62. The van der Waals surface area contributed by atoms with Crippen molar-refractivity contribution in [3.8, 4) is 11.3 Å². The smallest absolute Gasteiger partial charge is 0.273 e. The molecule has 0 unspecified atom stereocenters. The van der Waals surface area contributed by atoms with Crippen LogP contribution in [0, 0.1) is 0 Å². The molecule has 2 N–H and O–H groups in total. The standard InChI is InChI=1S/C16H10Cl3N3O/c17-10-4-1-3-9(7-10)13-8-14(22-21-13)16(23)20-12-6-2-5-11(18)15(12)19/h1-8H,(H,20,23)(H,21,22). The molecule has 0 atom stereocenters. The first-order valence-corrected chi connectivity index (χ1v) is 7.74. The van der Waals surface area contributed by atoms with Crippen molar-refractivity contribution < 1.29 is 4.79 Å². The monoisotopic (exact) mass is 365 g/mol. The van der Waals surface area contributed by atoms with Crippen LogP contribution >= 0.6 is 34.8 Å². The molecule has 7 heteroatoms. The third-order valence-electron chi connectivity index (χ3n) is 3.14. The van der Waals surface area contributed by atoms with Gasteiger partial charge in [-0.15, -0.1) is 0 Å². The molecule has 4 nitrogen and oxygen atoms in total. The van der Waals surface area contributed by atoms with Crippen LogP contribution in [0.25, 0.3) is 11.3 Å². The Kier molecular flexibility index (Phi) is 4.57. The van der Waals surface area contributed by atoms with Gasteiger partial charge in [0, 0.05) is 10.6 Å². The maximum absolute atomic E-state index is 12.3. The van der Waals surface area contributed by atoms with Gasteiger partial charge in [0.25, 0.3) is 5.91 Å². The summed E-state index contributed by atoms with van der Waals surface area (Å²) < 4.78 is 0. The largest absolute Gasteiger partial charge is 0.319 e. The summed E-state index contributed by atoms with van der Waals surface area (Å²) in [5, 5.41) is 10.8.